The van der Waals surface area contributed by atoms with Crippen molar-refractivity contribution in [3.63, 3.8) is 0 Å². The van der Waals surface area contributed by atoms with Gasteiger partial charge in [-0.2, -0.15) is 4.31 Å². The van der Waals surface area contributed by atoms with Crippen LogP contribution in [0.5, 0.6) is 11.5 Å². The highest BCUT2D eigenvalue weighted by Crippen LogP contribution is 2.30. The molecule has 13 heteroatoms. The van der Waals surface area contributed by atoms with Crippen LogP contribution in [0.1, 0.15) is 19.4 Å². The number of aliphatic hydroxyl groups is 1. The fourth-order valence-corrected chi connectivity index (χ4v) is 6.14. The van der Waals surface area contributed by atoms with Gasteiger partial charge >= 0.3 is 6.03 Å². The molecule has 3 atom stereocenters. The first-order valence-electron chi connectivity index (χ1n) is 14.0. The van der Waals surface area contributed by atoms with Gasteiger partial charge in [0.2, 0.25) is 15.9 Å². The Morgan fingerprint density at radius 2 is 1.75 bits per heavy atom. The zero-order valence-electron chi connectivity index (χ0n) is 25.0. The number of hydrogen-bond donors (Lipinski definition) is 3. The second-order valence-electron chi connectivity index (χ2n) is 10.8. The molecular weight excluding hydrogens is 608 g/mol. The van der Waals surface area contributed by atoms with Crippen molar-refractivity contribution in [1.82, 2.24) is 9.21 Å². The van der Waals surface area contributed by atoms with E-state index in [2.05, 4.69) is 10.6 Å². The average molecular weight is 645 g/mol. The molecule has 11 nitrogen and oxygen atoms in total. The third-order valence-electron chi connectivity index (χ3n) is 7.48. The fraction of sp³-hybridized carbons (Fsp3) is 0.355. The molecule has 0 fully saturated rings. The van der Waals surface area contributed by atoms with Gasteiger partial charge < -0.3 is 30.1 Å². The minimum Gasteiger partial charge on any atom is -0.497 e. The summed E-state index contributed by atoms with van der Waals surface area (Å²) in [6.07, 6.45) is -0.703. The number of anilines is 2. The first kappa shape index (κ1) is 33.1. The lowest BCUT2D eigenvalue weighted by Gasteiger charge is -2.33. The van der Waals surface area contributed by atoms with Crippen molar-refractivity contribution in [2.45, 2.75) is 37.3 Å². The molecule has 3 N–H and O–H groups in total. The van der Waals surface area contributed by atoms with Crippen LogP contribution in [-0.4, -0.2) is 80.7 Å². The zero-order chi connectivity index (χ0) is 32.0. The van der Waals surface area contributed by atoms with Gasteiger partial charge in [-0.15, -0.1) is 0 Å². The Bertz CT molecular complexity index is 1570. The Labute approximate surface area is 262 Å². The van der Waals surface area contributed by atoms with Crippen LogP contribution in [0.2, 0.25) is 5.02 Å². The predicted octanol–water partition coefficient (Wildman–Crippen LogP) is 4.46. The molecule has 3 amide bonds. The third kappa shape index (κ3) is 8.00. The van der Waals surface area contributed by atoms with E-state index in [9.17, 15) is 23.1 Å². The van der Waals surface area contributed by atoms with E-state index >= 15 is 0 Å². The summed E-state index contributed by atoms with van der Waals surface area (Å²) in [4.78, 5) is 27.9. The van der Waals surface area contributed by atoms with Gasteiger partial charge in [0.05, 0.1) is 37.6 Å². The van der Waals surface area contributed by atoms with Crippen molar-refractivity contribution < 1.29 is 32.6 Å². The third-order valence-corrected chi connectivity index (χ3v) is 9.57. The standard InChI is InChI=1S/C31H37ClN4O7S/c1-20-17-36(21(2)19-37)30(38)16-22-15-25(34-31(39)33-24-7-10-26(42-4)11-8-24)9-14-28(22)43-29(20)18-35(3)44(40,41)27-12-5-23(32)6-13-27/h5-15,20-21,29,37H,16-19H2,1-4H3,(H2,33,34,39)/t20-,21+,29+/m1/s1. The molecule has 0 spiro atoms. The number of amides is 3. The quantitative estimate of drug-likeness (QED) is 0.313. The molecule has 1 aliphatic heterocycles. The Morgan fingerprint density at radius 3 is 2.39 bits per heavy atom. The maximum absolute atomic E-state index is 13.5. The van der Waals surface area contributed by atoms with Gasteiger partial charge in [0.25, 0.3) is 0 Å². The molecule has 3 aromatic carbocycles. The Kier molecular flexibility index (Phi) is 10.7. The second-order valence-corrected chi connectivity index (χ2v) is 13.2. The number of hydrogen-bond acceptors (Lipinski definition) is 7. The highest BCUT2D eigenvalue weighted by atomic mass is 35.5. The monoisotopic (exact) mass is 644 g/mol. The highest BCUT2D eigenvalue weighted by Gasteiger charge is 2.33. The number of carbonyl (C=O) groups is 2. The van der Waals surface area contributed by atoms with E-state index in [-0.39, 0.29) is 42.8 Å². The normalized spacial score (nSPS) is 17.9. The van der Waals surface area contributed by atoms with Gasteiger partial charge in [0, 0.05) is 41.5 Å². The van der Waals surface area contributed by atoms with Crippen LogP contribution < -0.4 is 20.1 Å². The number of sulfonamides is 1. The first-order valence-corrected chi connectivity index (χ1v) is 15.9. The van der Waals surface area contributed by atoms with Crippen LogP contribution in [0, 0.1) is 5.92 Å². The van der Waals surface area contributed by atoms with Crippen molar-refractivity contribution in [2.75, 3.05) is 44.5 Å². The molecule has 1 aliphatic rings. The van der Waals surface area contributed by atoms with Crippen LogP contribution in [0.15, 0.2) is 71.6 Å². The van der Waals surface area contributed by atoms with Crippen LogP contribution >= 0.6 is 11.6 Å². The maximum atomic E-state index is 13.5. The summed E-state index contributed by atoms with van der Waals surface area (Å²) in [6.45, 7) is 3.61. The summed E-state index contributed by atoms with van der Waals surface area (Å²) in [5.74, 6) is 0.511. The smallest absolute Gasteiger partial charge is 0.323 e. The predicted molar refractivity (Wildman–Crippen MR) is 169 cm³/mol. The molecule has 4 rings (SSSR count). The minimum absolute atomic E-state index is 0.00856. The number of methoxy groups -OCH3 is 1. The van der Waals surface area contributed by atoms with Crippen molar-refractivity contribution in [2.24, 2.45) is 5.92 Å². The number of benzene rings is 3. The number of aliphatic hydroxyl groups excluding tert-OH is 1. The molecule has 0 aromatic heterocycles. The number of nitrogens with one attached hydrogen (secondary N) is 2. The molecule has 0 bridgehead atoms. The van der Waals surface area contributed by atoms with E-state index in [1.807, 2.05) is 6.92 Å². The van der Waals surface area contributed by atoms with Gasteiger partial charge in [-0.3, -0.25) is 4.79 Å². The van der Waals surface area contributed by atoms with Crippen molar-refractivity contribution in [3.05, 3.63) is 77.3 Å². The average Bonchev–Trinajstić information content (AvgIpc) is 3.04. The Balaban J connectivity index is 1.60. The Morgan fingerprint density at radius 1 is 1.11 bits per heavy atom. The number of fused-ring (bicyclic) bond motifs is 1. The molecule has 0 unspecified atom stereocenters. The van der Waals surface area contributed by atoms with Gasteiger partial charge in [0.1, 0.15) is 17.6 Å². The molecule has 0 radical (unpaired) electrons. The van der Waals surface area contributed by atoms with Crippen molar-refractivity contribution in [1.29, 1.82) is 0 Å². The lowest BCUT2D eigenvalue weighted by atomic mass is 10.0. The van der Waals surface area contributed by atoms with E-state index in [0.29, 0.717) is 33.5 Å². The van der Waals surface area contributed by atoms with Crippen LogP contribution in [0.25, 0.3) is 0 Å². The largest absolute Gasteiger partial charge is 0.497 e. The number of likely N-dealkylation sites (N-methyl/N-ethyl adjacent to an activating group) is 1. The summed E-state index contributed by atoms with van der Waals surface area (Å²) < 4.78 is 39.5. The fourth-order valence-electron chi connectivity index (χ4n) is 4.83. The number of rotatable bonds is 9. The summed E-state index contributed by atoms with van der Waals surface area (Å²) in [6, 6.07) is 16.8. The van der Waals surface area contributed by atoms with Gasteiger partial charge in [0.15, 0.2) is 0 Å². The molecule has 0 aliphatic carbocycles. The SMILES string of the molecule is COc1ccc(NC(=O)Nc2ccc3c(c2)CC(=O)N([C@@H](C)CO)C[C@@H](C)[C@H](CN(C)S(=O)(=O)c2ccc(Cl)cc2)O3)cc1. The molecular formula is C31H37ClN4O7S. The number of urea groups is 1. The van der Waals surface area contributed by atoms with E-state index in [1.165, 1.54) is 35.6 Å². The van der Waals surface area contributed by atoms with Crippen LogP contribution in [0.4, 0.5) is 16.2 Å². The molecule has 236 valence electrons. The van der Waals surface area contributed by atoms with Gasteiger partial charge in [-0.25, -0.2) is 13.2 Å². The molecule has 0 saturated heterocycles. The van der Waals surface area contributed by atoms with E-state index in [4.69, 9.17) is 21.1 Å². The number of ether oxygens (including phenoxy) is 2. The van der Waals surface area contributed by atoms with Gasteiger partial charge in [-0.1, -0.05) is 18.5 Å². The number of nitrogens with zero attached hydrogens (tertiary/aromatic N) is 2. The molecule has 44 heavy (non-hydrogen) atoms. The summed E-state index contributed by atoms with van der Waals surface area (Å²) in [5, 5.41) is 15.8. The van der Waals surface area contributed by atoms with Crippen LogP contribution in [-0.2, 0) is 21.2 Å². The maximum Gasteiger partial charge on any atom is 0.323 e. The van der Waals surface area contributed by atoms with Crippen LogP contribution in [0.3, 0.4) is 0 Å². The minimum atomic E-state index is -3.87. The molecule has 1 heterocycles. The molecule has 0 saturated carbocycles. The first-order chi connectivity index (χ1) is 20.9. The highest BCUT2D eigenvalue weighted by molar-refractivity contribution is 7.89. The van der Waals surface area contributed by atoms with E-state index < -0.39 is 28.2 Å². The van der Waals surface area contributed by atoms with Crippen molar-refractivity contribution in [3.8, 4) is 11.5 Å². The second kappa shape index (κ2) is 14.3. The van der Waals surface area contributed by atoms with E-state index in [1.54, 1.807) is 61.4 Å². The Hall–Kier alpha value is -3.84. The lowest BCUT2D eigenvalue weighted by Crippen LogP contribution is -2.48. The number of carbonyl (C=O) groups excluding carboxylic acids is 2. The topological polar surface area (TPSA) is 138 Å². The van der Waals surface area contributed by atoms with Gasteiger partial charge in [-0.05, 0) is 73.7 Å². The van der Waals surface area contributed by atoms with Crippen molar-refractivity contribution >= 4 is 44.9 Å². The molecule has 3 aromatic rings. The summed E-state index contributed by atoms with van der Waals surface area (Å²) in [5.41, 5.74) is 1.50. The van der Waals surface area contributed by atoms with E-state index in [0.717, 1.165) is 0 Å². The summed E-state index contributed by atoms with van der Waals surface area (Å²) in [7, 11) is -0.840. The zero-order valence-corrected chi connectivity index (χ0v) is 26.6. The summed E-state index contributed by atoms with van der Waals surface area (Å²) >= 11 is 5.95. The number of halogens is 1. The lowest BCUT2D eigenvalue weighted by molar-refractivity contribution is -0.134.